The first-order valence-electron chi connectivity index (χ1n) is 4.66. The lowest BCUT2D eigenvalue weighted by Crippen LogP contribution is -2.15. The van der Waals surface area contributed by atoms with Crippen LogP contribution in [-0.2, 0) is 4.79 Å². The van der Waals surface area contributed by atoms with E-state index in [2.05, 4.69) is 10.1 Å². The zero-order valence-electron chi connectivity index (χ0n) is 8.69. The van der Waals surface area contributed by atoms with Crippen molar-refractivity contribution in [2.24, 2.45) is 0 Å². The lowest BCUT2D eigenvalue weighted by molar-refractivity contribution is -0.138. The molecule has 0 spiro atoms. The summed E-state index contributed by atoms with van der Waals surface area (Å²) < 4.78 is 1.70. The fourth-order valence-corrected chi connectivity index (χ4v) is 1.49. The summed E-state index contributed by atoms with van der Waals surface area (Å²) in [5.74, 6) is 0.659. The minimum absolute atomic E-state index is 0.0892. The fraction of sp³-hybridized carbons (Fsp3) is 0.667. The topological polar surface area (TPSA) is 68.0 Å². The minimum Gasteiger partial charge on any atom is -0.481 e. The molecule has 1 rings (SSSR count). The number of aromatic nitrogens is 3. The van der Waals surface area contributed by atoms with Gasteiger partial charge in [-0.2, -0.15) is 5.10 Å². The Morgan fingerprint density at radius 3 is 2.57 bits per heavy atom. The summed E-state index contributed by atoms with van der Waals surface area (Å²) in [6, 6.07) is -0.0892. The highest BCUT2D eigenvalue weighted by Gasteiger charge is 2.16. The van der Waals surface area contributed by atoms with Crippen molar-refractivity contribution in [1.29, 1.82) is 0 Å². The van der Waals surface area contributed by atoms with Crippen LogP contribution < -0.4 is 0 Å². The lowest BCUT2D eigenvalue weighted by atomic mass is 10.1. The molecule has 0 aliphatic rings. The predicted octanol–water partition coefficient (Wildman–Crippen LogP) is 1.32. The Balaban J connectivity index is 2.88. The van der Waals surface area contributed by atoms with Gasteiger partial charge in [0.1, 0.15) is 11.6 Å². The molecule has 0 bridgehead atoms. The van der Waals surface area contributed by atoms with Crippen molar-refractivity contribution in [2.45, 2.75) is 39.7 Å². The first kappa shape index (κ1) is 10.7. The molecule has 1 unspecified atom stereocenters. The van der Waals surface area contributed by atoms with E-state index < -0.39 is 5.97 Å². The zero-order valence-corrected chi connectivity index (χ0v) is 8.69. The van der Waals surface area contributed by atoms with Crippen LogP contribution in [0.25, 0.3) is 0 Å². The Hall–Kier alpha value is -1.39. The smallest absolute Gasteiger partial charge is 0.305 e. The number of carboxylic acids is 1. The highest BCUT2D eigenvalue weighted by Crippen LogP contribution is 2.16. The Labute approximate surface area is 82.8 Å². The molecule has 1 aromatic rings. The van der Waals surface area contributed by atoms with Gasteiger partial charge >= 0.3 is 5.97 Å². The number of aliphatic carboxylic acids is 1. The molecule has 1 N–H and O–H groups in total. The van der Waals surface area contributed by atoms with Crippen LogP contribution in [0.4, 0.5) is 0 Å². The quantitative estimate of drug-likeness (QED) is 0.790. The number of aryl methyl sites for hydroxylation is 2. The van der Waals surface area contributed by atoms with Gasteiger partial charge in [-0.05, 0) is 20.3 Å². The molecule has 0 aliphatic carbocycles. The summed E-state index contributed by atoms with van der Waals surface area (Å²) in [4.78, 5) is 14.7. The van der Waals surface area contributed by atoms with Crippen molar-refractivity contribution in [2.75, 3.05) is 0 Å². The van der Waals surface area contributed by atoms with E-state index in [1.54, 1.807) is 11.6 Å². The molecule has 0 aliphatic heterocycles. The van der Waals surface area contributed by atoms with E-state index in [1.165, 1.54) is 0 Å². The average Bonchev–Trinajstić information content (AvgIpc) is 2.41. The normalized spacial score (nSPS) is 12.8. The maximum absolute atomic E-state index is 10.6. The summed E-state index contributed by atoms with van der Waals surface area (Å²) >= 11 is 0. The van der Waals surface area contributed by atoms with Gasteiger partial charge in [-0.3, -0.25) is 4.79 Å². The summed E-state index contributed by atoms with van der Waals surface area (Å²) in [5, 5.41) is 12.9. The number of hydrogen-bond acceptors (Lipinski definition) is 3. The van der Waals surface area contributed by atoms with E-state index in [0.717, 1.165) is 12.2 Å². The highest BCUT2D eigenvalue weighted by atomic mass is 16.4. The summed E-state index contributed by atoms with van der Waals surface area (Å²) in [6.45, 7) is 5.59. The number of carboxylic acid groups (broad SMARTS) is 1. The molecule has 5 heteroatoms. The second kappa shape index (κ2) is 4.21. The summed E-state index contributed by atoms with van der Waals surface area (Å²) in [5.41, 5.74) is 0. The molecule has 0 fully saturated rings. The summed E-state index contributed by atoms with van der Waals surface area (Å²) in [7, 11) is 0. The van der Waals surface area contributed by atoms with Gasteiger partial charge in [-0.15, -0.1) is 0 Å². The van der Waals surface area contributed by atoms with Crippen LogP contribution >= 0.6 is 0 Å². The third kappa shape index (κ3) is 2.31. The standard InChI is InChI=1S/C9H15N3O2/c1-4-8(5-9(13)14)12-7(3)10-6(2)11-12/h8H,4-5H2,1-3H3,(H,13,14). The molecular formula is C9H15N3O2. The molecule has 5 nitrogen and oxygen atoms in total. The van der Waals surface area contributed by atoms with Gasteiger partial charge in [-0.25, -0.2) is 9.67 Å². The third-order valence-electron chi connectivity index (χ3n) is 2.13. The van der Waals surface area contributed by atoms with Crippen molar-refractivity contribution >= 4 is 5.97 Å². The largest absolute Gasteiger partial charge is 0.481 e. The summed E-state index contributed by atoms with van der Waals surface area (Å²) in [6.07, 6.45) is 0.843. The molecule has 0 saturated carbocycles. The van der Waals surface area contributed by atoms with Gasteiger partial charge in [0.25, 0.3) is 0 Å². The van der Waals surface area contributed by atoms with Crippen LogP contribution in [0.2, 0.25) is 0 Å². The molecule has 1 heterocycles. The third-order valence-corrected chi connectivity index (χ3v) is 2.13. The Morgan fingerprint density at radius 1 is 1.57 bits per heavy atom. The molecule has 1 aromatic heterocycles. The van der Waals surface area contributed by atoms with Gasteiger partial charge in [0, 0.05) is 0 Å². The fourth-order valence-electron chi connectivity index (χ4n) is 1.49. The first-order chi connectivity index (χ1) is 6.54. The molecular weight excluding hydrogens is 182 g/mol. The zero-order chi connectivity index (χ0) is 10.7. The van der Waals surface area contributed by atoms with Crippen LogP contribution in [0, 0.1) is 13.8 Å². The van der Waals surface area contributed by atoms with Gasteiger partial charge in [-0.1, -0.05) is 6.92 Å². The van der Waals surface area contributed by atoms with Gasteiger partial charge in [0.2, 0.25) is 0 Å². The van der Waals surface area contributed by atoms with Gasteiger partial charge < -0.3 is 5.11 Å². The van der Waals surface area contributed by atoms with Gasteiger partial charge in [0.15, 0.2) is 0 Å². The van der Waals surface area contributed by atoms with Crippen LogP contribution in [0.1, 0.15) is 37.5 Å². The van der Waals surface area contributed by atoms with Crippen LogP contribution in [0.3, 0.4) is 0 Å². The maximum Gasteiger partial charge on any atom is 0.305 e. The van der Waals surface area contributed by atoms with Crippen molar-refractivity contribution in [1.82, 2.24) is 14.8 Å². The SMILES string of the molecule is CCC(CC(=O)O)n1nc(C)nc1C. The van der Waals surface area contributed by atoms with E-state index in [4.69, 9.17) is 5.11 Å². The Kier molecular flexibility index (Phi) is 3.22. The van der Waals surface area contributed by atoms with E-state index >= 15 is 0 Å². The van der Waals surface area contributed by atoms with Crippen LogP contribution in [0.15, 0.2) is 0 Å². The second-order valence-corrected chi connectivity index (χ2v) is 3.31. The molecule has 0 radical (unpaired) electrons. The lowest BCUT2D eigenvalue weighted by Gasteiger charge is -2.13. The van der Waals surface area contributed by atoms with Crippen molar-refractivity contribution < 1.29 is 9.90 Å². The number of rotatable bonds is 4. The molecule has 0 saturated heterocycles. The van der Waals surface area contributed by atoms with Crippen molar-refractivity contribution in [3.63, 3.8) is 0 Å². The number of hydrogen-bond donors (Lipinski definition) is 1. The molecule has 0 aromatic carbocycles. The monoisotopic (exact) mass is 197 g/mol. The maximum atomic E-state index is 10.6. The first-order valence-corrected chi connectivity index (χ1v) is 4.66. The van der Waals surface area contributed by atoms with Crippen molar-refractivity contribution in [3.05, 3.63) is 11.6 Å². The Bertz CT molecular complexity index is 333. The molecule has 0 amide bonds. The van der Waals surface area contributed by atoms with Crippen LogP contribution in [-0.4, -0.2) is 25.8 Å². The average molecular weight is 197 g/mol. The molecule has 78 valence electrons. The van der Waals surface area contributed by atoms with E-state index in [1.807, 2.05) is 13.8 Å². The van der Waals surface area contributed by atoms with Gasteiger partial charge in [0.05, 0.1) is 12.5 Å². The number of carbonyl (C=O) groups is 1. The predicted molar refractivity (Wildman–Crippen MR) is 51.1 cm³/mol. The van der Waals surface area contributed by atoms with Crippen molar-refractivity contribution in [3.8, 4) is 0 Å². The van der Waals surface area contributed by atoms with Crippen LogP contribution in [0.5, 0.6) is 0 Å². The minimum atomic E-state index is -0.801. The highest BCUT2D eigenvalue weighted by molar-refractivity contribution is 5.67. The number of nitrogens with zero attached hydrogens (tertiary/aromatic N) is 3. The van der Waals surface area contributed by atoms with E-state index in [9.17, 15) is 4.79 Å². The molecule has 1 atom stereocenters. The van der Waals surface area contributed by atoms with E-state index in [0.29, 0.717) is 5.82 Å². The Morgan fingerprint density at radius 2 is 2.21 bits per heavy atom. The molecule has 14 heavy (non-hydrogen) atoms. The second-order valence-electron chi connectivity index (χ2n) is 3.31. The van der Waals surface area contributed by atoms with E-state index in [-0.39, 0.29) is 12.5 Å².